The molecule has 1 saturated heterocycles. The number of aliphatic hydroxyl groups is 1. The van der Waals surface area contributed by atoms with E-state index in [9.17, 15) is 14.4 Å². The van der Waals surface area contributed by atoms with Gasteiger partial charge < -0.3 is 30.3 Å². The topological polar surface area (TPSA) is 154 Å². The molecule has 0 atom stereocenters. The van der Waals surface area contributed by atoms with Gasteiger partial charge in [-0.05, 0) is 95.2 Å². The van der Waals surface area contributed by atoms with E-state index < -0.39 is 36.4 Å². The van der Waals surface area contributed by atoms with Crippen LogP contribution in [0.2, 0.25) is 0 Å². The Hall–Kier alpha value is -3.73. The minimum absolute atomic E-state index is 0.166. The average molecular weight is 608 g/mol. The number of aromatic nitrogens is 1. The molecule has 0 radical (unpaired) electrons. The summed E-state index contributed by atoms with van der Waals surface area (Å²) < 4.78 is 0. The predicted molar refractivity (Wildman–Crippen MR) is 168 cm³/mol. The van der Waals surface area contributed by atoms with Crippen LogP contribution in [0.5, 0.6) is 0 Å². The number of hydrogen-bond acceptors (Lipinski definition) is 6. The standard InChI is InChI=1S/C28H37N3.C6H8O7/c1-30(2)28(23-10-4-3-5-11-23)17-14-22(15-18-28)27-25(16-21-31-19-8-9-20-31)24-12-6-7-13-26(24)29-27;7-3(8)1-6(13,5(11)12)2-4(9)10/h3-7,10-13,22,29H,8-9,14-21H2,1-2H3;13H,1-2H2,(H,7,8)(H,9,10)(H,11,12). The highest BCUT2D eigenvalue weighted by molar-refractivity contribution is 5.88. The molecule has 5 N–H and O–H groups in total. The molecule has 5 rings (SSSR count). The van der Waals surface area contributed by atoms with Crippen LogP contribution in [0.15, 0.2) is 54.6 Å². The van der Waals surface area contributed by atoms with Crippen molar-refractivity contribution in [3.05, 3.63) is 71.4 Å². The fourth-order valence-corrected chi connectivity index (χ4v) is 6.96. The van der Waals surface area contributed by atoms with Crippen LogP contribution in [0.4, 0.5) is 0 Å². The summed E-state index contributed by atoms with van der Waals surface area (Å²) in [5.41, 5.74) is 3.34. The number of rotatable bonds is 11. The van der Waals surface area contributed by atoms with Gasteiger partial charge in [0.1, 0.15) is 0 Å². The van der Waals surface area contributed by atoms with E-state index in [0.29, 0.717) is 5.92 Å². The number of hydrogen-bond donors (Lipinski definition) is 5. The van der Waals surface area contributed by atoms with Gasteiger partial charge in [0.15, 0.2) is 5.60 Å². The number of carbonyl (C=O) groups is 3. The second kappa shape index (κ2) is 14.4. The fourth-order valence-electron chi connectivity index (χ4n) is 6.96. The van der Waals surface area contributed by atoms with Crippen molar-refractivity contribution in [3.8, 4) is 0 Å². The number of aliphatic carboxylic acids is 3. The molecular formula is C34H45N3O7. The molecule has 44 heavy (non-hydrogen) atoms. The molecule has 0 amide bonds. The zero-order valence-corrected chi connectivity index (χ0v) is 25.7. The third-order valence-electron chi connectivity index (χ3n) is 9.40. The first-order valence-electron chi connectivity index (χ1n) is 15.4. The largest absolute Gasteiger partial charge is 0.481 e. The lowest BCUT2D eigenvalue weighted by atomic mass is 9.70. The second-order valence-electron chi connectivity index (χ2n) is 12.4. The molecule has 1 aliphatic carbocycles. The van der Waals surface area contributed by atoms with Gasteiger partial charge in [-0.2, -0.15) is 0 Å². The lowest BCUT2D eigenvalue weighted by molar-refractivity contribution is -0.170. The van der Waals surface area contributed by atoms with Gasteiger partial charge in [-0.3, -0.25) is 14.5 Å². The number of para-hydroxylation sites is 1. The quantitative estimate of drug-likeness (QED) is 0.209. The number of likely N-dealkylation sites (tertiary alicyclic amines) is 1. The van der Waals surface area contributed by atoms with Crippen LogP contribution < -0.4 is 0 Å². The molecule has 2 fully saturated rings. The highest BCUT2D eigenvalue weighted by atomic mass is 16.4. The maximum absolute atomic E-state index is 10.3. The van der Waals surface area contributed by atoms with Crippen molar-refractivity contribution in [1.82, 2.24) is 14.8 Å². The molecule has 3 aromatic rings. The zero-order chi connectivity index (χ0) is 31.9. The lowest BCUT2D eigenvalue weighted by Gasteiger charge is -2.45. The third kappa shape index (κ3) is 7.67. The Balaban J connectivity index is 0.000000289. The predicted octanol–water partition coefficient (Wildman–Crippen LogP) is 4.67. The van der Waals surface area contributed by atoms with Crippen molar-refractivity contribution in [2.45, 2.75) is 74.8 Å². The summed E-state index contributed by atoms with van der Waals surface area (Å²) in [6, 6.07) is 20.1. The molecule has 10 heteroatoms. The minimum atomic E-state index is -2.74. The van der Waals surface area contributed by atoms with Crippen LogP contribution in [0.3, 0.4) is 0 Å². The molecular weight excluding hydrogens is 562 g/mol. The van der Waals surface area contributed by atoms with Gasteiger partial charge in [-0.25, -0.2) is 4.79 Å². The molecule has 238 valence electrons. The van der Waals surface area contributed by atoms with E-state index in [1.807, 2.05) is 0 Å². The fraction of sp³-hybridized carbons (Fsp3) is 0.500. The van der Waals surface area contributed by atoms with E-state index in [-0.39, 0.29) is 5.54 Å². The van der Waals surface area contributed by atoms with Gasteiger partial charge in [0, 0.05) is 28.7 Å². The van der Waals surface area contributed by atoms with Crippen molar-refractivity contribution in [2.75, 3.05) is 33.7 Å². The van der Waals surface area contributed by atoms with Gasteiger partial charge >= 0.3 is 17.9 Å². The lowest BCUT2D eigenvalue weighted by Crippen LogP contribution is -2.44. The number of nitrogens with one attached hydrogen (secondary N) is 1. The summed E-state index contributed by atoms with van der Waals surface area (Å²) in [7, 11) is 4.52. The van der Waals surface area contributed by atoms with E-state index in [4.69, 9.17) is 20.4 Å². The monoisotopic (exact) mass is 607 g/mol. The van der Waals surface area contributed by atoms with Crippen molar-refractivity contribution in [3.63, 3.8) is 0 Å². The maximum Gasteiger partial charge on any atom is 0.336 e. The Morgan fingerprint density at radius 1 is 0.909 bits per heavy atom. The first-order chi connectivity index (χ1) is 20.9. The molecule has 1 aliphatic heterocycles. The smallest absolute Gasteiger partial charge is 0.336 e. The number of H-pyrrole nitrogens is 1. The highest BCUT2D eigenvalue weighted by Gasteiger charge is 2.41. The maximum atomic E-state index is 10.3. The SMILES string of the molecule is CN(C)C1(c2ccccc2)CCC(c2[nH]c3ccccc3c2CCN2CCCC2)CC1.O=C(O)CC(O)(CC(=O)O)C(=O)O. The number of aromatic amines is 1. The number of nitrogens with zero attached hydrogens (tertiary/aromatic N) is 2. The van der Waals surface area contributed by atoms with Crippen molar-refractivity contribution in [1.29, 1.82) is 0 Å². The first-order valence-corrected chi connectivity index (χ1v) is 15.4. The Morgan fingerprint density at radius 2 is 1.48 bits per heavy atom. The minimum Gasteiger partial charge on any atom is -0.481 e. The van der Waals surface area contributed by atoms with Crippen molar-refractivity contribution in [2.24, 2.45) is 0 Å². The summed E-state index contributed by atoms with van der Waals surface area (Å²) in [4.78, 5) is 39.5. The molecule has 2 heterocycles. The molecule has 1 saturated carbocycles. The van der Waals surface area contributed by atoms with Crippen molar-refractivity contribution < 1.29 is 34.8 Å². The summed E-state index contributed by atoms with van der Waals surface area (Å²) >= 11 is 0. The van der Waals surface area contributed by atoms with Gasteiger partial charge in [-0.1, -0.05) is 48.5 Å². The van der Waals surface area contributed by atoms with Crippen LogP contribution in [0.1, 0.15) is 74.1 Å². The first kappa shape index (κ1) is 33.2. The van der Waals surface area contributed by atoms with E-state index in [1.165, 1.54) is 86.7 Å². The van der Waals surface area contributed by atoms with E-state index in [2.05, 4.69) is 83.5 Å². The molecule has 0 unspecified atom stereocenters. The molecule has 2 aromatic carbocycles. The summed E-state index contributed by atoms with van der Waals surface area (Å²) in [6.07, 6.45) is 6.56. The average Bonchev–Trinajstić information content (AvgIpc) is 3.64. The molecule has 0 spiro atoms. The van der Waals surface area contributed by atoms with Crippen LogP contribution in [-0.2, 0) is 26.3 Å². The van der Waals surface area contributed by atoms with Crippen molar-refractivity contribution >= 4 is 28.8 Å². The van der Waals surface area contributed by atoms with Crippen LogP contribution in [-0.4, -0.2) is 92.4 Å². The van der Waals surface area contributed by atoms with Gasteiger partial charge in [0.25, 0.3) is 0 Å². The Morgan fingerprint density at radius 3 is 2.02 bits per heavy atom. The molecule has 2 aliphatic rings. The summed E-state index contributed by atoms with van der Waals surface area (Å²) in [6.45, 7) is 3.76. The van der Waals surface area contributed by atoms with Gasteiger partial charge in [-0.15, -0.1) is 0 Å². The van der Waals surface area contributed by atoms with Crippen LogP contribution in [0, 0.1) is 0 Å². The summed E-state index contributed by atoms with van der Waals surface area (Å²) in [5, 5.41) is 35.3. The molecule has 1 aromatic heterocycles. The third-order valence-corrected chi connectivity index (χ3v) is 9.40. The van der Waals surface area contributed by atoms with E-state index in [1.54, 1.807) is 5.56 Å². The Labute approximate surface area is 258 Å². The van der Waals surface area contributed by atoms with Crippen LogP contribution >= 0.6 is 0 Å². The van der Waals surface area contributed by atoms with E-state index >= 15 is 0 Å². The normalized spacial score (nSPS) is 20.8. The molecule has 0 bridgehead atoms. The van der Waals surface area contributed by atoms with Crippen LogP contribution in [0.25, 0.3) is 10.9 Å². The van der Waals surface area contributed by atoms with Gasteiger partial charge in [0.2, 0.25) is 0 Å². The zero-order valence-electron chi connectivity index (χ0n) is 25.7. The highest BCUT2D eigenvalue weighted by Crippen LogP contribution is 2.47. The number of carboxylic acid groups (broad SMARTS) is 3. The second-order valence-corrected chi connectivity index (χ2v) is 12.4. The number of fused-ring (bicyclic) bond motifs is 1. The van der Waals surface area contributed by atoms with Gasteiger partial charge in [0.05, 0.1) is 12.8 Å². The Kier molecular flexibility index (Phi) is 10.8. The number of benzene rings is 2. The molecule has 10 nitrogen and oxygen atoms in total. The number of carboxylic acids is 3. The van der Waals surface area contributed by atoms with E-state index in [0.717, 1.165) is 0 Å². The Bertz CT molecular complexity index is 1410. The summed E-state index contributed by atoms with van der Waals surface area (Å²) in [5.74, 6) is -4.38.